The summed E-state index contributed by atoms with van der Waals surface area (Å²) in [6.07, 6.45) is 2.99. The summed E-state index contributed by atoms with van der Waals surface area (Å²) < 4.78 is 0.683. The first kappa shape index (κ1) is 13.2. The van der Waals surface area contributed by atoms with Crippen LogP contribution in [0.5, 0.6) is 0 Å². The molecule has 1 aromatic carbocycles. The molecule has 2 N–H and O–H groups in total. The number of amides is 1. The molecule has 0 fully saturated rings. The number of rotatable bonds is 3. The van der Waals surface area contributed by atoms with Crippen LogP contribution >= 0.6 is 15.9 Å². The van der Waals surface area contributed by atoms with E-state index >= 15 is 0 Å². The third-order valence-electron chi connectivity index (χ3n) is 2.40. The summed E-state index contributed by atoms with van der Waals surface area (Å²) in [7, 11) is 0. The quantitative estimate of drug-likeness (QED) is 0.911. The molecule has 2 rings (SSSR count). The molecule has 0 saturated heterocycles. The molecule has 0 spiro atoms. The van der Waals surface area contributed by atoms with Gasteiger partial charge in [0.15, 0.2) is 0 Å². The van der Waals surface area contributed by atoms with Gasteiger partial charge in [-0.05, 0) is 30.3 Å². The van der Waals surface area contributed by atoms with Crippen LogP contribution in [0, 0.1) is 0 Å². The number of carboxylic acid groups (broad SMARTS) is 1. The van der Waals surface area contributed by atoms with E-state index in [1.807, 2.05) is 0 Å². The third kappa shape index (κ3) is 3.17. The van der Waals surface area contributed by atoms with Crippen molar-refractivity contribution in [3.05, 3.63) is 58.3 Å². The smallest absolute Gasteiger partial charge is 0.337 e. The highest BCUT2D eigenvalue weighted by Crippen LogP contribution is 2.22. The second kappa shape index (κ2) is 5.62. The fourth-order valence-corrected chi connectivity index (χ4v) is 1.87. The lowest BCUT2D eigenvalue weighted by Crippen LogP contribution is -2.14. The van der Waals surface area contributed by atoms with E-state index in [0.29, 0.717) is 10.0 Å². The first-order valence-corrected chi connectivity index (χ1v) is 6.11. The van der Waals surface area contributed by atoms with Crippen molar-refractivity contribution < 1.29 is 14.7 Å². The SMILES string of the molecule is O=C(Nc1cc(Br)ccc1C(=O)O)c1ccncc1. The minimum absolute atomic E-state index is 0.0330. The summed E-state index contributed by atoms with van der Waals surface area (Å²) in [6, 6.07) is 7.67. The van der Waals surface area contributed by atoms with Gasteiger partial charge in [-0.2, -0.15) is 0 Å². The zero-order chi connectivity index (χ0) is 13.8. The number of aromatic nitrogens is 1. The molecule has 19 heavy (non-hydrogen) atoms. The standard InChI is InChI=1S/C13H9BrN2O3/c14-9-1-2-10(13(18)19)11(7-9)16-12(17)8-3-5-15-6-4-8/h1-7H,(H,16,17)(H,18,19). The van der Waals surface area contributed by atoms with Crippen LogP contribution in [0.25, 0.3) is 0 Å². The summed E-state index contributed by atoms with van der Waals surface area (Å²) in [5.74, 6) is -1.49. The molecule has 1 amide bonds. The van der Waals surface area contributed by atoms with E-state index in [0.717, 1.165) is 0 Å². The fraction of sp³-hybridized carbons (Fsp3) is 0. The number of carboxylic acids is 1. The van der Waals surface area contributed by atoms with Gasteiger partial charge in [-0.15, -0.1) is 0 Å². The van der Waals surface area contributed by atoms with Gasteiger partial charge < -0.3 is 10.4 Å². The van der Waals surface area contributed by atoms with Crippen LogP contribution < -0.4 is 5.32 Å². The summed E-state index contributed by atoms with van der Waals surface area (Å²) in [5, 5.41) is 11.6. The molecule has 1 heterocycles. The first-order chi connectivity index (χ1) is 9.08. The van der Waals surface area contributed by atoms with Gasteiger partial charge in [0.05, 0.1) is 11.3 Å². The maximum atomic E-state index is 12.0. The van der Waals surface area contributed by atoms with Crippen LogP contribution in [0.1, 0.15) is 20.7 Å². The van der Waals surface area contributed by atoms with Crippen LogP contribution in [0.3, 0.4) is 0 Å². The van der Waals surface area contributed by atoms with Crippen molar-refractivity contribution in [3.63, 3.8) is 0 Å². The predicted molar refractivity (Wildman–Crippen MR) is 73.3 cm³/mol. The number of pyridine rings is 1. The molecule has 0 unspecified atom stereocenters. The molecule has 2 aromatic rings. The van der Waals surface area contributed by atoms with Crippen molar-refractivity contribution in [2.75, 3.05) is 5.32 Å². The van der Waals surface area contributed by atoms with Gasteiger partial charge in [0.1, 0.15) is 0 Å². The van der Waals surface area contributed by atoms with Crippen LogP contribution in [0.4, 0.5) is 5.69 Å². The summed E-state index contributed by atoms with van der Waals surface area (Å²) in [5.41, 5.74) is 0.681. The zero-order valence-electron chi connectivity index (χ0n) is 9.63. The van der Waals surface area contributed by atoms with E-state index < -0.39 is 5.97 Å². The molecule has 6 heteroatoms. The van der Waals surface area contributed by atoms with Crippen LogP contribution in [0.2, 0.25) is 0 Å². The van der Waals surface area contributed by atoms with Crippen molar-refractivity contribution in [1.29, 1.82) is 0 Å². The number of anilines is 1. The van der Waals surface area contributed by atoms with E-state index in [2.05, 4.69) is 26.2 Å². The number of nitrogens with zero attached hydrogens (tertiary/aromatic N) is 1. The lowest BCUT2D eigenvalue weighted by Gasteiger charge is -2.08. The van der Waals surface area contributed by atoms with Crippen molar-refractivity contribution in [2.24, 2.45) is 0 Å². The molecular formula is C13H9BrN2O3. The maximum Gasteiger partial charge on any atom is 0.337 e. The van der Waals surface area contributed by atoms with E-state index in [9.17, 15) is 9.59 Å². The second-order valence-corrected chi connectivity index (χ2v) is 4.60. The monoisotopic (exact) mass is 320 g/mol. The Morgan fingerprint density at radius 3 is 2.47 bits per heavy atom. The molecule has 0 saturated carbocycles. The van der Waals surface area contributed by atoms with Crippen molar-refractivity contribution in [2.45, 2.75) is 0 Å². The number of carbonyl (C=O) groups excluding carboxylic acids is 1. The maximum absolute atomic E-state index is 12.0. The molecule has 5 nitrogen and oxygen atoms in total. The van der Waals surface area contributed by atoms with Crippen LogP contribution in [0.15, 0.2) is 47.2 Å². The summed E-state index contributed by atoms with van der Waals surface area (Å²) in [4.78, 5) is 26.8. The molecule has 1 aromatic heterocycles. The molecule has 0 aliphatic heterocycles. The molecule has 0 aliphatic rings. The molecule has 0 aliphatic carbocycles. The van der Waals surface area contributed by atoms with Crippen LogP contribution in [-0.4, -0.2) is 22.0 Å². The fourth-order valence-electron chi connectivity index (χ4n) is 1.50. The Hall–Kier alpha value is -2.21. The van der Waals surface area contributed by atoms with Gasteiger partial charge >= 0.3 is 5.97 Å². The minimum atomic E-state index is -1.10. The summed E-state index contributed by atoms with van der Waals surface area (Å²) >= 11 is 3.24. The highest BCUT2D eigenvalue weighted by atomic mass is 79.9. The van der Waals surface area contributed by atoms with E-state index in [1.165, 1.54) is 18.5 Å². The average molecular weight is 321 g/mol. The molecule has 0 bridgehead atoms. The Morgan fingerprint density at radius 2 is 1.84 bits per heavy atom. The van der Waals surface area contributed by atoms with Crippen molar-refractivity contribution in [1.82, 2.24) is 4.98 Å². The van der Waals surface area contributed by atoms with Gasteiger partial charge in [-0.3, -0.25) is 9.78 Å². The normalized spacial score (nSPS) is 9.95. The number of hydrogen-bond acceptors (Lipinski definition) is 3. The predicted octanol–water partition coefficient (Wildman–Crippen LogP) is 2.79. The Kier molecular flexibility index (Phi) is 3.91. The Balaban J connectivity index is 2.31. The lowest BCUT2D eigenvalue weighted by atomic mass is 10.1. The number of nitrogens with one attached hydrogen (secondary N) is 1. The van der Waals surface area contributed by atoms with E-state index in [4.69, 9.17) is 5.11 Å². The number of hydrogen-bond donors (Lipinski definition) is 2. The van der Waals surface area contributed by atoms with Gasteiger partial charge in [0.25, 0.3) is 5.91 Å². The van der Waals surface area contributed by atoms with Crippen molar-refractivity contribution in [3.8, 4) is 0 Å². The topological polar surface area (TPSA) is 79.3 Å². The first-order valence-electron chi connectivity index (χ1n) is 5.32. The van der Waals surface area contributed by atoms with Crippen molar-refractivity contribution >= 4 is 33.5 Å². The highest BCUT2D eigenvalue weighted by molar-refractivity contribution is 9.10. The zero-order valence-corrected chi connectivity index (χ0v) is 11.2. The van der Waals surface area contributed by atoms with Gasteiger partial charge in [-0.25, -0.2) is 4.79 Å². The number of carbonyl (C=O) groups is 2. The molecular weight excluding hydrogens is 312 g/mol. The lowest BCUT2D eigenvalue weighted by molar-refractivity contribution is 0.0698. The largest absolute Gasteiger partial charge is 0.478 e. The summed E-state index contributed by atoms with van der Waals surface area (Å²) in [6.45, 7) is 0. The molecule has 0 atom stereocenters. The van der Waals surface area contributed by atoms with E-state index in [1.54, 1.807) is 24.3 Å². The number of halogens is 1. The van der Waals surface area contributed by atoms with Gasteiger partial charge in [0.2, 0.25) is 0 Å². The van der Waals surface area contributed by atoms with Crippen LogP contribution in [-0.2, 0) is 0 Å². The Morgan fingerprint density at radius 1 is 1.16 bits per heavy atom. The average Bonchev–Trinajstić information content (AvgIpc) is 2.39. The Labute approximate surface area is 117 Å². The molecule has 0 radical (unpaired) electrons. The third-order valence-corrected chi connectivity index (χ3v) is 2.90. The number of aromatic carboxylic acids is 1. The molecule has 96 valence electrons. The highest BCUT2D eigenvalue weighted by Gasteiger charge is 2.13. The minimum Gasteiger partial charge on any atom is -0.478 e. The second-order valence-electron chi connectivity index (χ2n) is 3.69. The van der Waals surface area contributed by atoms with E-state index in [-0.39, 0.29) is 17.2 Å². The Bertz CT molecular complexity index is 629. The van der Waals surface area contributed by atoms with Gasteiger partial charge in [-0.1, -0.05) is 15.9 Å². The van der Waals surface area contributed by atoms with Gasteiger partial charge in [0, 0.05) is 22.4 Å². The number of benzene rings is 1.